The SMILES string of the molecule is CC1(C)c2ccccc2N2C(=O)CN(C3CCCCC3)C(=O)C21. The zero-order chi connectivity index (χ0) is 16.2. The van der Waals surface area contributed by atoms with Gasteiger partial charge in [-0.05, 0) is 24.5 Å². The normalized spacial score (nSPS) is 27.1. The lowest BCUT2D eigenvalue weighted by molar-refractivity contribution is -0.145. The van der Waals surface area contributed by atoms with Gasteiger partial charge >= 0.3 is 0 Å². The minimum Gasteiger partial charge on any atom is -0.329 e. The lowest BCUT2D eigenvalue weighted by Crippen LogP contribution is -2.64. The number of carbonyl (C=O) groups is 2. The number of anilines is 1. The fourth-order valence-corrected chi connectivity index (χ4v) is 4.69. The summed E-state index contributed by atoms with van der Waals surface area (Å²) in [4.78, 5) is 29.8. The van der Waals surface area contributed by atoms with Gasteiger partial charge in [0.05, 0.1) is 0 Å². The molecule has 2 heterocycles. The summed E-state index contributed by atoms with van der Waals surface area (Å²) in [7, 11) is 0. The molecular weight excluding hydrogens is 288 g/mol. The first-order chi connectivity index (χ1) is 11.0. The quantitative estimate of drug-likeness (QED) is 0.800. The molecule has 4 nitrogen and oxygen atoms in total. The van der Waals surface area contributed by atoms with Crippen molar-refractivity contribution in [3.05, 3.63) is 29.8 Å². The van der Waals surface area contributed by atoms with Crippen molar-refractivity contribution in [2.75, 3.05) is 11.4 Å². The Morgan fingerprint density at radius 3 is 2.48 bits per heavy atom. The van der Waals surface area contributed by atoms with Crippen molar-refractivity contribution in [2.24, 2.45) is 0 Å². The third-order valence-electron chi connectivity index (χ3n) is 5.91. The Hall–Kier alpha value is -1.84. The third kappa shape index (κ3) is 2.03. The summed E-state index contributed by atoms with van der Waals surface area (Å²) in [6, 6.07) is 7.83. The van der Waals surface area contributed by atoms with Crippen molar-refractivity contribution in [1.82, 2.24) is 4.90 Å². The minimum absolute atomic E-state index is 0.0678. The summed E-state index contributed by atoms with van der Waals surface area (Å²) in [5, 5.41) is 0. The van der Waals surface area contributed by atoms with Crippen LogP contribution in [0.2, 0.25) is 0 Å². The highest BCUT2D eigenvalue weighted by molar-refractivity contribution is 6.10. The van der Waals surface area contributed by atoms with E-state index < -0.39 is 0 Å². The monoisotopic (exact) mass is 312 g/mol. The molecule has 4 heteroatoms. The number of carbonyl (C=O) groups excluding carboxylic acids is 2. The summed E-state index contributed by atoms with van der Waals surface area (Å²) in [6.45, 7) is 4.42. The van der Waals surface area contributed by atoms with Gasteiger partial charge in [0.2, 0.25) is 11.8 Å². The second-order valence-corrected chi connectivity index (χ2v) is 7.66. The van der Waals surface area contributed by atoms with Gasteiger partial charge in [-0.15, -0.1) is 0 Å². The van der Waals surface area contributed by atoms with E-state index in [0.717, 1.165) is 24.1 Å². The molecule has 2 aliphatic heterocycles. The second kappa shape index (κ2) is 5.08. The molecule has 3 aliphatic rings. The molecule has 1 atom stereocenters. The summed E-state index contributed by atoms with van der Waals surface area (Å²) in [5.41, 5.74) is 1.69. The van der Waals surface area contributed by atoms with Crippen LogP contribution in [0.4, 0.5) is 5.69 Å². The van der Waals surface area contributed by atoms with Crippen LogP contribution in [0, 0.1) is 0 Å². The summed E-state index contributed by atoms with van der Waals surface area (Å²) < 4.78 is 0. The first kappa shape index (κ1) is 14.7. The molecule has 1 aliphatic carbocycles. The van der Waals surface area contributed by atoms with Gasteiger partial charge in [0.1, 0.15) is 12.6 Å². The Labute approximate surface area is 137 Å². The molecule has 1 unspecified atom stereocenters. The smallest absolute Gasteiger partial charge is 0.247 e. The van der Waals surface area contributed by atoms with E-state index >= 15 is 0 Å². The molecule has 2 amide bonds. The van der Waals surface area contributed by atoms with Crippen LogP contribution in [0.15, 0.2) is 24.3 Å². The fraction of sp³-hybridized carbons (Fsp3) is 0.579. The third-order valence-corrected chi connectivity index (χ3v) is 5.91. The van der Waals surface area contributed by atoms with Crippen molar-refractivity contribution in [3.63, 3.8) is 0 Å². The van der Waals surface area contributed by atoms with Crippen LogP contribution in [0.1, 0.15) is 51.5 Å². The van der Waals surface area contributed by atoms with E-state index in [0.29, 0.717) is 0 Å². The number of piperazine rings is 1. The summed E-state index contributed by atoms with van der Waals surface area (Å²) in [6.07, 6.45) is 5.67. The lowest BCUT2D eigenvalue weighted by Gasteiger charge is -2.44. The average Bonchev–Trinajstić information content (AvgIpc) is 2.81. The van der Waals surface area contributed by atoms with Crippen molar-refractivity contribution in [2.45, 2.75) is 63.5 Å². The Morgan fingerprint density at radius 1 is 1.04 bits per heavy atom. The molecule has 1 aromatic rings. The maximum atomic E-state index is 13.3. The number of hydrogen-bond donors (Lipinski definition) is 0. The number of nitrogens with zero attached hydrogens (tertiary/aromatic N) is 2. The van der Waals surface area contributed by atoms with Gasteiger partial charge in [-0.2, -0.15) is 0 Å². The van der Waals surface area contributed by atoms with E-state index in [2.05, 4.69) is 19.9 Å². The second-order valence-electron chi connectivity index (χ2n) is 7.66. The first-order valence-electron chi connectivity index (χ1n) is 8.74. The number of amides is 2. The van der Waals surface area contributed by atoms with E-state index in [4.69, 9.17) is 0 Å². The summed E-state index contributed by atoms with van der Waals surface area (Å²) >= 11 is 0. The van der Waals surface area contributed by atoms with Crippen LogP contribution < -0.4 is 4.90 Å². The number of fused-ring (bicyclic) bond motifs is 3. The molecule has 1 saturated heterocycles. The molecule has 4 rings (SSSR count). The Bertz CT molecular complexity index is 661. The lowest BCUT2D eigenvalue weighted by atomic mass is 9.79. The van der Waals surface area contributed by atoms with Crippen molar-refractivity contribution >= 4 is 17.5 Å². The highest BCUT2D eigenvalue weighted by Crippen LogP contribution is 2.47. The van der Waals surface area contributed by atoms with Gasteiger partial charge in [-0.3, -0.25) is 14.5 Å². The average molecular weight is 312 g/mol. The van der Waals surface area contributed by atoms with Gasteiger partial charge in [0.25, 0.3) is 0 Å². The van der Waals surface area contributed by atoms with E-state index in [1.807, 2.05) is 23.1 Å². The first-order valence-corrected chi connectivity index (χ1v) is 8.74. The Balaban J connectivity index is 1.73. The molecule has 0 N–H and O–H groups in total. The molecule has 122 valence electrons. The van der Waals surface area contributed by atoms with Crippen LogP contribution in [-0.2, 0) is 15.0 Å². The highest BCUT2D eigenvalue weighted by atomic mass is 16.2. The predicted molar refractivity (Wildman–Crippen MR) is 89.3 cm³/mol. The predicted octanol–water partition coefficient (Wildman–Crippen LogP) is 2.85. The minimum atomic E-state index is -0.386. The molecule has 2 fully saturated rings. The number of rotatable bonds is 1. The van der Waals surface area contributed by atoms with Gasteiger partial charge < -0.3 is 4.90 Å². The van der Waals surface area contributed by atoms with Crippen LogP contribution in [-0.4, -0.2) is 35.3 Å². The Morgan fingerprint density at radius 2 is 1.74 bits per heavy atom. The molecule has 0 bridgehead atoms. The maximum absolute atomic E-state index is 13.3. The van der Waals surface area contributed by atoms with E-state index in [-0.39, 0.29) is 35.9 Å². The van der Waals surface area contributed by atoms with Gasteiger partial charge in [-0.25, -0.2) is 0 Å². The molecule has 0 radical (unpaired) electrons. The van der Waals surface area contributed by atoms with E-state index in [1.54, 1.807) is 4.90 Å². The van der Waals surface area contributed by atoms with E-state index in [1.165, 1.54) is 19.3 Å². The molecule has 1 aromatic carbocycles. The molecular formula is C19H24N2O2. The van der Waals surface area contributed by atoms with Gasteiger partial charge in [0, 0.05) is 17.1 Å². The topological polar surface area (TPSA) is 40.6 Å². The summed E-state index contributed by atoms with van der Waals surface area (Å²) in [5.74, 6) is 0.205. The number of para-hydroxylation sites is 1. The van der Waals surface area contributed by atoms with Crippen LogP contribution in [0.5, 0.6) is 0 Å². The molecule has 1 saturated carbocycles. The Kier molecular flexibility index (Phi) is 3.26. The van der Waals surface area contributed by atoms with Crippen molar-refractivity contribution in [1.29, 1.82) is 0 Å². The number of hydrogen-bond acceptors (Lipinski definition) is 2. The maximum Gasteiger partial charge on any atom is 0.247 e. The number of benzene rings is 1. The zero-order valence-corrected chi connectivity index (χ0v) is 13.9. The van der Waals surface area contributed by atoms with Crippen LogP contribution >= 0.6 is 0 Å². The van der Waals surface area contributed by atoms with Crippen LogP contribution in [0.3, 0.4) is 0 Å². The van der Waals surface area contributed by atoms with Crippen molar-refractivity contribution < 1.29 is 9.59 Å². The largest absolute Gasteiger partial charge is 0.329 e. The molecule has 0 aromatic heterocycles. The molecule has 0 spiro atoms. The van der Waals surface area contributed by atoms with Crippen LogP contribution in [0.25, 0.3) is 0 Å². The molecule has 23 heavy (non-hydrogen) atoms. The highest BCUT2D eigenvalue weighted by Gasteiger charge is 2.55. The standard InChI is InChI=1S/C19H24N2O2/c1-19(2)14-10-6-7-11-15(14)21-16(22)12-20(18(23)17(19)21)13-8-4-3-5-9-13/h6-7,10-11,13,17H,3-5,8-9,12H2,1-2H3. The fourth-order valence-electron chi connectivity index (χ4n) is 4.69. The van der Waals surface area contributed by atoms with Gasteiger partial charge in [-0.1, -0.05) is 51.3 Å². The van der Waals surface area contributed by atoms with E-state index in [9.17, 15) is 9.59 Å². The zero-order valence-electron chi connectivity index (χ0n) is 13.9. The van der Waals surface area contributed by atoms with Gasteiger partial charge in [0.15, 0.2) is 0 Å². The van der Waals surface area contributed by atoms with Crippen molar-refractivity contribution in [3.8, 4) is 0 Å².